The van der Waals surface area contributed by atoms with E-state index in [0.717, 1.165) is 13.1 Å². The predicted octanol–water partition coefficient (Wildman–Crippen LogP) is 1.87. The van der Waals surface area contributed by atoms with E-state index in [-0.39, 0.29) is 0 Å². The maximum absolute atomic E-state index is 6.06. The highest BCUT2D eigenvalue weighted by Crippen LogP contribution is 2.32. The number of likely N-dealkylation sites (N-methyl/N-ethyl adjacent to an activating group) is 1. The lowest BCUT2D eigenvalue weighted by Gasteiger charge is -2.40. The van der Waals surface area contributed by atoms with Gasteiger partial charge >= 0.3 is 0 Å². The molecule has 0 spiro atoms. The lowest BCUT2D eigenvalue weighted by Crippen LogP contribution is -2.54. The van der Waals surface area contributed by atoms with Crippen molar-refractivity contribution < 1.29 is 0 Å². The van der Waals surface area contributed by atoms with Crippen molar-refractivity contribution in [1.82, 2.24) is 9.80 Å². The average molecular weight is 273 g/mol. The SMILES string of the molecule is CCN(CC)CCCN(CC)C1(CN)CCSC1. The van der Waals surface area contributed by atoms with Crippen LogP contribution in [0.2, 0.25) is 0 Å². The van der Waals surface area contributed by atoms with Crippen LogP contribution in [0.1, 0.15) is 33.6 Å². The summed E-state index contributed by atoms with van der Waals surface area (Å²) < 4.78 is 0. The van der Waals surface area contributed by atoms with E-state index in [1.165, 1.54) is 50.5 Å². The molecule has 3 nitrogen and oxygen atoms in total. The molecule has 1 atom stereocenters. The first kappa shape index (κ1) is 16.3. The minimum atomic E-state index is 0.294. The van der Waals surface area contributed by atoms with Gasteiger partial charge < -0.3 is 10.6 Å². The highest BCUT2D eigenvalue weighted by molar-refractivity contribution is 7.99. The molecule has 0 aromatic heterocycles. The summed E-state index contributed by atoms with van der Waals surface area (Å²) in [5.41, 5.74) is 6.36. The lowest BCUT2D eigenvalue weighted by molar-refractivity contribution is 0.116. The van der Waals surface area contributed by atoms with E-state index in [4.69, 9.17) is 5.73 Å². The Morgan fingerprint density at radius 2 is 1.83 bits per heavy atom. The summed E-state index contributed by atoms with van der Waals surface area (Å²) >= 11 is 2.07. The van der Waals surface area contributed by atoms with Crippen LogP contribution in [0.25, 0.3) is 0 Å². The van der Waals surface area contributed by atoms with Gasteiger partial charge in [0.2, 0.25) is 0 Å². The molecule has 2 N–H and O–H groups in total. The summed E-state index contributed by atoms with van der Waals surface area (Å²) in [6.07, 6.45) is 2.54. The van der Waals surface area contributed by atoms with Crippen molar-refractivity contribution in [1.29, 1.82) is 0 Å². The molecule has 1 fully saturated rings. The Bertz CT molecular complexity index is 213. The van der Waals surface area contributed by atoms with Gasteiger partial charge in [-0.1, -0.05) is 20.8 Å². The molecule has 108 valence electrons. The van der Waals surface area contributed by atoms with Crippen molar-refractivity contribution in [2.75, 3.05) is 50.8 Å². The van der Waals surface area contributed by atoms with Crippen LogP contribution in [-0.4, -0.2) is 66.1 Å². The van der Waals surface area contributed by atoms with E-state index >= 15 is 0 Å². The number of thioether (sulfide) groups is 1. The Labute approximate surface area is 117 Å². The van der Waals surface area contributed by atoms with Crippen molar-refractivity contribution in [3.05, 3.63) is 0 Å². The van der Waals surface area contributed by atoms with Crippen LogP contribution in [-0.2, 0) is 0 Å². The number of hydrogen-bond acceptors (Lipinski definition) is 4. The van der Waals surface area contributed by atoms with Gasteiger partial charge in [0.15, 0.2) is 0 Å². The maximum atomic E-state index is 6.06. The molecule has 1 rings (SSSR count). The molecule has 18 heavy (non-hydrogen) atoms. The monoisotopic (exact) mass is 273 g/mol. The Kier molecular flexibility index (Phi) is 7.61. The molecule has 0 saturated carbocycles. The van der Waals surface area contributed by atoms with Gasteiger partial charge in [-0.2, -0.15) is 11.8 Å². The fourth-order valence-corrected chi connectivity index (χ4v) is 4.39. The predicted molar refractivity (Wildman–Crippen MR) is 83.4 cm³/mol. The topological polar surface area (TPSA) is 32.5 Å². The molecule has 1 saturated heterocycles. The first-order chi connectivity index (χ1) is 8.72. The zero-order valence-corrected chi connectivity index (χ0v) is 13.3. The highest BCUT2D eigenvalue weighted by Gasteiger charge is 2.37. The number of nitrogens with zero attached hydrogens (tertiary/aromatic N) is 2. The van der Waals surface area contributed by atoms with Gasteiger partial charge in [0.25, 0.3) is 0 Å². The normalized spacial score (nSPS) is 24.3. The molecule has 1 aliphatic rings. The molecule has 0 bridgehead atoms. The van der Waals surface area contributed by atoms with Gasteiger partial charge in [0, 0.05) is 17.8 Å². The molecular weight excluding hydrogens is 242 g/mol. The zero-order chi connectivity index (χ0) is 13.4. The number of rotatable bonds is 9. The molecule has 0 aromatic carbocycles. The second-order valence-corrected chi connectivity index (χ2v) is 6.30. The van der Waals surface area contributed by atoms with Gasteiger partial charge in [-0.25, -0.2) is 0 Å². The standard InChI is InChI=1S/C14H31N3S/c1-4-16(5-2)9-7-10-17(6-3)14(12-15)8-11-18-13-14/h4-13,15H2,1-3H3. The molecule has 1 aliphatic heterocycles. The summed E-state index contributed by atoms with van der Waals surface area (Å²) in [5, 5.41) is 0. The van der Waals surface area contributed by atoms with Crippen LogP contribution in [0.3, 0.4) is 0 Å². The van der Waals surface area contributed by atoms with Crippen molar-refractivity contribution in [2.24, 2.45) is 5.73 Å². The third-order valence-electron chi connectivity index (χ3n) is 4.31. The van der Waals surface area contributed by atoms with Gasteiger partial charge in [-0.15, -0.1) is 0 Å². The molecule has 0 aliphatic carbocycles. The van der Waals surface area contributed by atoms with E-state index in [9.17, 15) is 0 Å². The van der Waals surface area contributed by atoms with E-state index < -0.39 is 0 Å². The van der Waals surface area contributed by atoms with Crippen molar-refractivity contribution >= 4 is 11.8 Å². The van der Waals surface area contributed by atoms with Crippen LogP contribution < -0.4 is 5.73 Å². The van der Waals surface area contributed by atoms with Crippen LogP contribution in [0, 0.1) is 0 Å². The highest BCUT2D eigenvalue weighted by atomic mass is 32.2. The maximum Gasteiger partial charge on any atom is 0.0429 e. The largest absolute Gasteiger partial charge is 0.329 e. The van der Waals surface area contributed by atoms with Gasteiger partial charge in [-0.3, -0.25) is 4.90 Å². The fourth-order valence-electron chi connectivity index (χ4n) is 2.89. The number of nitrogens with two attached hydrogens (primary N) is 1. The van der Waals surface area contributed by atoms with E-state index in [0.29, 0.717) is 5.54 Å². The third kappa shape index (κ3) is 4.12. The van der Waals surface area contributed by atoms with Crippen molar-refractivity contribution in [3.63, 3.8) is 0 Å². The summed E-state index contributed by atoms with van der Waals surface area (Å²) in [5.74, 6) is 2.51. The summed E-state index contributed by atoms with van der Waals surface area (Å²) in [4.78, 5) is 5.14. The Morgan fingerprint density at radius 3 is 2.28 bits per heavy atom. The fraction of sp³-hybridized carbons (Fsp3) is 1.00. The van der Waals surface area contributed by atoms with E-state index in [2.05, 4.69) is 42.3 Å². The second-order valence-electron chi connectivity index (χ2n) is 5.19. The zero-order valence-electron chi connectivity index (χ0n) is 12.5. The molecule has 0 aromatic rings. The van der Waals surface area contributed by atoms with Crippen LogP contribution in [0.5, 0.6) is 0 Å². The van der Waals surface area contributed by atoms with E-state index in [1.807, 2.05) is 0 Å². The second kappa shape index (κ2) is 8.41. The smallest absolute Gasteiger partial charge is 0.0429 e. The third-order valence-corrected chi connectivity index (χ3v) is 5.55. The van der Waals surface area contributed by atoms with Gasteiger partial charge in [0.1, 0.15) is 0 Å². The first-order valence-corrected chi connectivity index (χ1v) is 8.63. The molecule has 1 heterocycles. The summed E-state index contributed by atoms with van der Waals surface area (Å²) in [6.45, 7) is 13.5. The van der Waals surface area contributed by atoms with Gasteiger partial charge in [0.05, 0.1) is 0 Å². The van der Waals surface area contributed by atoms with Crippen LogP contribution in [0.15, 0.2) is 0 Å². The first-order valence-electron chi connectivity index (χ1n) is 7.47. The van der Waals surface area contributed by atoms with Crippen LogP contribution in [0.4, 0.5) is 0 Å². The Hall–Kier alpha value is 0.230. The van der Waals surface area contributed by atoms with Crippen molar-refractivity contribution in [2.45, 2.75) is 39.2 Å². The minimum Gasteiger partial charge on any atom is -0.329 e. The molecular formula is C14H31N3S. The van der Waals surface area contributed by atoms with E-state index in [1.54, 1.807) is 0 Å². The van der Waals surface area contributed by atoms with Gasteiger partial charge in [-0.05, 0) is 51.3 Å². The quantitative estimate of drug-likeness (QED) is 0.695. The molecule has 4 heteroatoms. The Balaban J connectivity index is 2.41. The van der Waals surface area contributed by atoms with Crippen molar-refractivity contribution in [3.8, 4) is 0 Å². The lowest BCUT2D eigenvalue weighted by atomic mass is 9.96. The average Bonchev–Trinajstić information content (AvgIpc) is 2.89. The Morgan fingerprint density at radius 1 is 1.11 bits per heavy atom. The molecule has 0 amide bonds. The molecule has 1 unspecified atom stereocenters. The summed E-state index contributed by atoms with van der Waals surface area (Å²) in [7, 11) is 0. The van der Waals surface area contributed by atoms with Crippen LogP contribution >= 0.6 is 11.8 Å². The minimum absolute atomic E-state index is 0.294. The molecule has 0 radical (unpaired) electrons. The summed E-state index contributed by atoms with van der Waals surface area (Å²) in [6, 6.07) is 0. The number of hydrogen-bond donors (Lipinski definition) is 1.